The maximum absolute atomic E-state index is 12.6. The molecule has 1 fully saturated rings. The number of benzene rings is 1. The van der Waals surface area contributed by atoms with E-state index in [1.165, 1.54) is 20.0 Å². The van der Waals surface area contributed by atoms with Crippen LogP contribution in [-0.4, -0.2) is 43.7 Å². The van der Waals surface area contributed by atoms with E-state index in [9.17, 15) is 4.79 Å². The Hall–Kier alpha value is -1.39. The number of hydrogen-bond acceptors (Lipinski definition) is 4. The van der Waals surface area contributed by atoms with Gasteiger partial charge in [0.25, 0.3) is 0 Å². The molecule has 0 aromatic heterocycles. The van der Waals surface area contributed by atoms with Gasteiger partial charge in [0.15, 0.2) is 5.54 Å². The smallest absolute Gasteiger partial charge is 0.332 e. The third kappa shape index (κ3) is 3.44. The van der Waals surface area contributed by atoms with Gasteiger partial charge in [-0.05, 0) is 31.5 Å². The molecule has 4 nitrogen and oxygen atoms in total. The summed E-state index contributed by atoms with van der Waals surface area (Å²) in [5.41, 5.74) is 0.182. The van der Waals surface area contributed by atoms with Crippen LogP contribution < -0.4 is 5.32 Å². The zero-order valence-corrected chi connectivity index (χ0v) is 13.3. The van der Waals surface area contributed by atoms with Crippen molar-refractivity contribution in [1.29, 1.82) is 0 Å². The number of carbonyl (C=O) groups excluding carboxylic acids is 1. The Kier molecular flexibility index (Phi) is 5.37. The molecule has 0 aliphatic heterocycles. The van der Waals surface area contributed by atoms with Crippen molar-refractivity contribution in [1.82, 2.24) is 10.2 Å². The molecule has 1 atom stereocenters. The molecule has 1 N–H and O–H groups in total. The number of nitrogens with zero attached hydrogens (tertiary/aromatic N) is 1. The van der Waals surface area contributed by atoms with Crippen LogP contribution in [0.4, 0.5) is 0 Å². The van der Waals surface area contributed by atoms with Crippen LogP contribution in [0.3, 0.4) is 0 Å². The van der Waals surface area contributed by atoms with E-state index in [4.69, 9.17) is 4.74 Å². The molecular formula is C17H26N2O2. The predicted octanol–water partition coefficient (Wildman–Crippen LogP) is 2.15. The molecule has 116 valence electrons. The topological polar surface area (TPSA) is 41.6 Å². The summed E-state index contributed by atoms with van der Waals surface area (Å²) < 4.78 is 5.14. The molecule has 0 amide bonds. The maximum atomic E-state index is 12.6. The van der Waals surface area contributed by atoms with Crippen LogP contribution in [0.5, 0.6) is 0 Å². The molecule has 1 unspecified atom stereocenters. The van der Waals surface area contributed by atoms with Crippen molar-refractivity contribution in [2.75, 3.05) is 26.7 Å². The first-order valence-electron chi connectivity index (χ1n) is 7.81. The molecule has 4 heteroatoms. The van der Waals surface area contributed by atoms with Gasteiger partial charge in [-0.1, -0.05) is 44.2 Å². The minimum atomic E-state index is -0.788. The van der Waals surface area contributed by atoms with Crippen molar-refractivity contribution in [3.8, 4) is 0 Å². The average Bonchev–Trinajstić information content (AvgIpc) is 3.36. The highest BCUT2D eigenvalue weighted by Crippen LogP contribution is 2.31. The van der Waals surface area contributed by atoms with E-state index in [-0.39, 0.29) is 5.97 Å². The second-order valence-corrected chi connectivity index (χ2v) is 5.59. The van der Waals surface area contributed by atoms with Crippen molar-refractivity contribution >= 4 is 5.97 Å². The largest absolute Gasteiger partial charge is 0.467 e. The Morgan fingerprint density at radius 3 is 2.48 bits per heavy atom. The molecule has 1 aromatic rings. The number of likely N-dealkylation sites (N-methyl/N-ethyl adjacent to an activating group) is 2. The Morgan fingerprint density at radius 2 is 2.00 bits per heavy atom. The summed E-state index contributed by atoms with van der Waals surface area (Å²) in [6, 6.07) is 10.5. The van der Waals surface area contributed by atoms with Gasteiger partial charge >= 0.3 is 5.97 Å². The van der Waals surface area contributed by atoms with Gasteiger partial charge in [0, 0.05) is 12.6 Å². The van der Waals surface area contributed by atoms with E-state index in [1.807, 2.05) is 37.3 Å². The number of nitrogens with one attached hydrogen (secondary N) is 1. The van der Waals surface area contributed by atoms with Gasteiger partial charge in [-0.3, -0.25) is 10.2 Å². The quantitative estimate of drug-likeness (QED) is 0.745. The second kappa shape index (κ2) is 7.05. The van der Waals surface area contributed by atoms with Crippen molar-refractivity contribution < 1.29 is 9.53 Å². The lowest BCUT2D eigenvalue weighted by atomic mass is 9.88. The summed E-state index contributed by atoms with van der Waals surface area (Å²) in [5.74, 6) is -0.213. The molecule has 1 saturated carbocycles. The number of carbonyl (C=O) groups is 1. The Balaban J connectivity index is 2.37. The summed E-state index contributed by atoms with van der Waals surface area (Å²) in [6.45, 7) is 6.48. The number of ether oxygens (including phenoxy) is 1. The number of methoxy groups -OCH3 is 1. The molecule has 0 radical (unpaired) electrons. The van der Waals surface area contributed by atoms with Crippen LogP contribution in [0.25, 0.3) is 0 Å². The van der Waals surface area contributed by atoms with Crippen LogP contribution in [0.1, 0.15) is 32.3 Å². The van der Waals surface area contributed by atoms with Crippen LogP contribution in [0.2, 0.25) is 0 Å². The van der Waals surface area contributed by atoms with E-state index < -0.39 is 5.54 Å². The van der Waals surface area contributed by atoms with Gasteiger partial charge in [0.05, 0.1) is 7.11 Å². The van der Waals surface area contributed by atoms with E-state index in [2.05, 4.69) is 17.1 Å². The summed E-state index contributed by atoms with van der Waals surface area (Å²) in [6.07, 6.45) is 2.46. The highest BCUT2D eigenvalue weighted by atomic mass is 16.5. The van der Waals surface area contributed by atoms with Gasteiger partial charge in [-0.25, -0.2) is 4.79 Å². The van der Waals surface area contributed by atoms with Crippen LogP contribution in [0, 0.1) is 0 Å². The van der Waals surface area contributed by atoms with Crippen molar-refractivity contribution in [3.63, 3.8) is 0 Å². The zero-order chi connectivity index (χ0) is 15.3. The normalized spacial score (nSPS) is 17.5. The van der Waals surface area contributed by atoms with Crippen LogP contribution in [0.15, 0.2) is 30.3 Å². The van der Waals surface area contributed by atoms with Gasteiger partial charge in [0.1, 0.15) is 0 Å². The van der Waals surface area contributed by atoms with E-state index >= 15 is 0 Å². The number of rotatable bonds is 8. The fourth-order valence-electron chi connectivity index (χ4n) is 2.95. The van der Waals surface area contributed by atoms with Gasteiger partial charge in [-0.2, -0.15) is 0 Å². The number of hydrogen-bond donors (Lipinski definition) is 1. The van der Waals surface area contributed by atoms with Crippen molar-refractivity contribution in [2.24, 2.45) is 0 Å². The molecule has 21 heavy (non-hydrogen) atoms. The lowest BCUT2D eigenvalue weighted by molar-refractivity contribution is -0.150. The molecule has 0 spiro atoms. The predicted molar refractivity (Wildman–Crippen MR) is 84.1 cm³/mol. The Bertz CT molecular complexity index is 459. The minimum Gasteiger partial charge on any atom is -0.467 e. The highest BCUT2D eigenvalue weighted by molar-refractivity contribution is 5.83. The van der Waals surface area contributed by atoms with Gasteiger partial charge in [-0.15, -0.1) is 0 Å². The maximum Gasteiger partial charge on any atom is 0.332 e. The third-order valence-corrected chi connectivity index (χ3v) is 4.19. The first-order chi connectivity index (χ1) is 10.2. The lowest BCUT2D eigenvalue weighted by Crippen LogP contribution is -2.57. The van der Waals surface area contributed by atoms with E-state index in [0.29, 0.717) is 19.1 Å². The molecule has 0 heterocycles. The first kappa shape index (κ1) is 16.0. The summed E-state index contributed by atoms with van der Waals surface area (Å²) in [7, 11) is 1.46. The Labute approximate surface area is 127 Å². The molecule has 0 bridgehead atoms. The standard InChI is InChI=1S/C17H26N2O2/c1-4-18-17(16(20)21-3,14-9-7-6-8-10-14)13-19(5-2)15-11-12-15/h6-10,15,18H,4-5,11-13H2,1-3H3. The number of esters is 1. The molecular weight excluding hydrogens is 264 g/mol. The first-order valence-corrected chi connectivity index (χ1v) is 7.81. The fraction of sp³-hybridized carbons (Fsp3) is 0.588. The molecule has 0 saturated heterocycles. The SMILES string of the molecule is CCNC(CN(CC)C1CC1)(C(=O)OC)c1ccccc1. The van der Waals surface area contributed by atoms with Crippen molar-refractivity contribution in [3.05, 3.63) is 35.9 Å². The third-order valence-electron chi connectivity index (χ3n) is 4.19. The molecule has 2 rings (SSSR count). The minimum absolute atomic E-state index is 0.213. The summed E-state index contributed by atoms with van der Waals surface area (Å²) >= 11 is 0. The van der Waals surface area contributed by atoms with Gasteiger partial charge in [0.2, 0.25) is 0 Å². The molecule has 1 aliphatic rings. The summed E-state index contributed by atoms with van der Waals surface area (Å²) in [5, 5.41) is 3.39. The van der Waals surface area contributed by atoms with Crippen molar-refractivity contribution in [2.45, 2.75) is 38.3 Å². The average molecular weight is 290 g/mol. The molecule has 1 aromatic carbocycles. The van der Waals surface area contributed by atoms with E-state index in [0.717, 1.165) is 12.1 Å². The van der Waals surface area contributed by atoms with E-state index in [1.54, 1.807) is 0 Å². The second-order valence-electron chi connectivity index (χ2n) is 5.59. The van der Waals surface area contributed by atoms with Crippen LogP contribution >= 0.6 is 0 Å². The lowest BCUT2D eigenvalue weighted by Gasteiger charge is -2.37. The van der Waals surface area contributed by atoms with Gasteiger partial charge < -0.3 is 4.74 Å². The molecule has 1 aliphatic carbocycles. The summed E-state index contributed by atoms with van der Waals surface area (Å²) in [4.78, 5) is 15.0. The monoisotopic (exact) mass is 290 g/mol. The fourth-order valence-corrected chi connectivity index (χ4v) is 2.95. The zero-order valence-electron chi connectivity index (χ0n) is 13.3. The Morgan fingerprint density at radius 1 is 1.33 bits per heavy atom. The van der Waals surface area contributed by atoms with Crippen LogP contribution in [-0.2, 0) is 15.1 Å². The highest BCUT2D eigenvalue weighted by Gasteiger charge is 2.44.